The van der Waals surface area contributed by atoms with Gasteiger partial charge in [0.05, 0.1) is 17.2 Å². The largest absolute Gasteiger partial charge is 0.366 e. The highest BCUT2D eigenvalue weighted by Crippen LogP contribution is 2.25. The zero-order chi connectivity index (χ0) is 19.3. The topological polar surface area (TPSA) is 58.8 Å². The number of aromatic nitrogens is 1. The molecule has 8 heteroatoms. The van der Waals surface area contributed by atoms with Gasteiger partial charge < -0.3 is 19.1 Å². The van der Waals surface area contributed by atoms with Crippen LogP contribution in [0.25, 0.3) is 10.6 Å². The minimum Gasteiger partial charge on any atom is -0.366 e. The molecular formula is C20H20FN3O3S. The molecule has 0 aliphatic carbocycles. The lowest BCUT2D eigenvalue weighted by atomic mass is 10.2. The van der Waals surface area contributed by atoms with Crippen LogP contribution in [0.15, 0.2) is 52.4 Å². The van der Waals surface area contributed by atoms with Crippen LogP contribution in [0.5, 0.6) is 0 Å². The zero-order valence-electron chi connectivity index (χ0n) is 15.2. The lowest BCUT2D eigenvalue weighted by Gasteiger charge is -2.36. The van der Waals surface area contributed by atoms with E-state index in [4.69, 9.17) is 9.26 Å². The van der Waals surface area contributed by atoms with Gasteiger partial charge in [-0.1, -0.05) is 23.4 Å². The summed E-state index contributed by atoms with van der Waals surface area (Å²) in [6.45, 7) is 2.49. The number of nitrogens with zero attached hydrogens (tertiary/aromatic N) is 3. The van der Waals surface area contributed by atoms with E-state index in [1.807, 2.05) is 34.5 Å². The number of anilines is 1. The molecule has 28 heavy (non-hydrogen) atoms. The maximum Gasteiger partial charge on any atom is 0.248 e. The normalized spacial score (nSPS) is 14.5. The van der Waals surface area contributed by atoms with Crippen LogP contribution in [0.2, 0.25) is 0 Å². The molecule has 1 aliphatic heterocycles. The van der Waals surface area contributed by atoms with E-state index >= 15 is 0 Å². The van der Waals surface area contributed by atoms with Crippen LogP contribution in [0.3, 0.4) is 0 Å². The predicted octanol–water partition coefficient (Wildman–Crippen LogP) is 3.41. The van der Waals surface area contributed by atoms with Crippen molar-refractivity contribution >= 4 is 22.9 Å². The van der Waals surface area contributed by atoms with Crippen LogP contribution in [0.1, 0.15) is 5.69 Å². The van der Waals surface area contributed by atoms with Crippen LogP contribution < -0.4 is 4.90 Å². The Bertz CT molecular complexity index is 920. The molecule has 1 saturated heterocycles. The summed E-state index contributed by atoms with van der Waals surface area (Å²) in [6, 6.07) is 12.4. The summed E-state index contributed by atoms with van der Waals surface area (Å²) in [5.74, 6) is 0.388. The third-order valence-electron chi connectivity index (χ3n) is 4.62. The number of rotatable bonds is 6. The number of carbonyl (C=O) groups excluding carboxylic acids is 1. The Balaban J connectivity index is 1.22. The van der Waals surface area contributed by atoms with E-state index in [-0.39, 0.29) is 24.9 Å². The first-order chi connectivity index (χ1) is 13.7. The molecule has 1 amide bonds. The number of ether oxygens (including phenoxy) is 1. The van der Waals surface area contributed by atoms with Gasteiger partial charge in [0.25, 0.3) is 0 Å². The smallest absolute Gasteiger partial charge is 0.248 e. The number of thiophene rings is 1. The summed E-state index contributed by atoms with van der Waals surface area (Å²) in [5, 5.41) is 5.94. The van der Waals surface area contributed by atoms with Crippen molar-refractivity contribution < 1.29 is 18.4 Å². The van der Waals surface area contributed by atoms with Crippen molar-refractivity contribution in [2.24, 2.45) is 0 Å². The molecule has 0 N–H and O–H groups in total. The lowest BCUT2D eigenvalue weighted by molar-refractivity contribution is -0.136. The van der Waals surface area contributed by atoms with Gasteiger partial charge in [-0.2, -0.15) is 0 Å². The Hall–Kier alpha value is -2.71. The van der Waals surface area contributed by atoms with Crippen molar-refractivity contribution in [2.45, 2.75) is 6.61 Å². The number of para-hydroxylation sites is 1. The molecule has 146 valence electrons. The third-order valence-corrected chi connectivity index (χ3v) is 5.51. The van der Waals surface area contributed by atoms with Gasteiger partial charge in [-0.25, -0.2) is 4.39 Å². The molecule has 0 unspecified atom stereocenters. The van der Waals surface area contributed by atoms with Crippen LogP contribution >= 0.6 is 11.3 Å². The van der Waals surface area contributed by atoms with Crippen LogP contribution in [0.4, 0.5) is 10.1 Å². The van der Waals surface area contributed by atoms with Gasteiger partial charge in [0.15, 0.2) is 5.76 Å². The average molecular weight is 401 g/mol. The first-order valence-electron chi connectivity index (χ1n) is 9.05. The molecule has 6 nitrogen and oxygen atoms in total. The van der Waals surface area contributed by atoms with Crippen molar-refractivity contribution in [3.05, 3.63) is 59.4 Å². The molecule has 1 fully saturated rings. The van der Waals surface area contributed by atoms with Gasteiger partial charge in [-0.05, 0) is 23.6 Å². The first kappa shape index (κ1) is 18.6. The third kappa shape index (κ3) is 4.23. The number of piperazine rings is 1. The Kier molecular flexibility index (Phi) is 5.68. The van der Waals surface area contributed by atoms with Gasteiger partial charge in [0, 0.05) is 32.2 Å². The Labute approximate surface area is 166 Å². The van der Waals surface area contributed by atoms with E-state index in [0.29, 0.717) is 43.3 Å². The molecule has 0 radical (unpaired) electrons. The molecule has 1 aliphatic rings. The fourth-order valence-corrected chi connectivity index (χ4v) is 3.83. The Morgan fingerprint density at radius 1 is 1.18 bits per heavy atom. The molecule has 4 rings (SSSR count). The van der Waals surface area contributed by atoms with E-state index < -0.39 is 0 Å². The standard InChI is InChI=1S/C20H20FN3O3S/c21-16-4-1-2-5-17(16)23-7-9-24(10-8-23)20(25)14-26-13-15-12-18(27-22-15)19-6-3-11-28-19/h1-6,11-12H,7-10,13-14H2. The van der Waals surface area contributed by atoms with Crippen LogP contribution in [-0.2, 0) is 16.1 Å². The molecule has 1 aromatic carbocycles. The van der Waals surface area contributed by atoms with Gasteiger partial charge in [0.1, 0.15) is 18.1 Å². The minimum absolute atomic E-state index is 0.0130. The van der Waals surface area contributed by atoms with Crippen molar-refractivity contribution in [3.63, 3.8) is 0 Å². The molecule has 3 heterocycles. The summed E-state index contributed by atoms with van der Waals surface area (Å²) in [5.41, 5.74) is 1.24. The second-order valence-electron chi connectivity index (χ2n) is 6.47. The highest BCUT2D eigenvalue weighted by Gasteiger charge is 2.22. The number of amides is 1. The highest BCUT2D eigenvalue weighted by molar-refractivity contribution is 7.13. The number of hydrogen-bond acceptors (Lipinski definition) is 6. The van der Waals surface area contributed by atoms with Crippen molar-refractivity contribution in [1.29, 1.82) is 0 Å². The second-order valence-corrected chi connectivity index (χ2v) is 7.42. The predicted molar refractivity (Wildman–Crippen MR) is 105 cm³/mol. The van der Waals surface area contributed by atoms with Crippen LogP contribution in [0, 0.1) is 5.82 Å². The molecule has 2 aromatic heterocycles. The Morgan fingerprint density at radius 3 is 2.75 bits per heavy atom. The van der Waals surface area contributed by atoms with Gasteiger partial charge in [-0.15, -0.1) is 11.3 Å². The number of benzene rings is 1. The first-order valence-corrected chi connectivity index (χ1v) is 9.93. The van der Waals surface area contributed by atoms with E-state index in [2.05, 4.69) is 5.16 Å². The van der Waals surface area contributed by atoms with E-state index in [1.165, 1.54) is 6.07 Å². The SMILES string of the molecule is O=C(COCc1cc(-c2cccs2)on1)N1CCN(c2ccccc2F)CC1. The summed E-state index contributed by atoms with van der Waals surface area (Å²) >= 11 is 1.57. The summed E-state index contributed by atoms with van der Waals surface area (Å²) < 4.78 is 24.7. The van der Waals surface area contributed by atoms with Crippen LogP contribution in [-0.4, -0.2) is 48.7 Å². The van der Waals surface area contributed by atoms with Gasteiger partial charge in [-0.3, -0.25) is 4.79 Å². The number of halogens is 1. The van der Waals surface area contributed by atoms with E-state index in [1.54, 1.807) is 28.4 Å². The monoisotopic (exact) mass is 401 g/mol. The molecule has 0 bridgehead atoms. The quantitative estimate of drug-likeness (QED) is 0.634. The fraction of sp³-hybridized carbons (Fsp3) is 0.300. The van der Waals surface area contributed by atoms with Gasteiger partial charge in [0.2, 0.25) is 5.91 Å². The van der Waals surface area contributed by atoms with Crippen molar-refractivity contribution in [3.8, 4) is 10.6 Å². The molecule has 0 saturated carbocycles. The van der Waals surface area contributed by atoms with Crippen molar-refractivity contribution in [1.82, 2.24) is 10.1 Å². The molecule has 0 spiro atoms. The Morgan fingerprint density at radius 2 is 2.00 bits per heavy atom. The minimum atomic E-state index is -0.236. The molecular weight excluding hydrogens is 381 g/mol. The van der Waals surface area contributed by atoms with E-state index in [9.17, 15) is 9.18 Å². The maximum absolute atomic E-state index is 13.9. The number of carbonyl (C=O) groups is 1. The average Bonchev–Trinajstić information content (AvgIpc) is 3.40. The van der Waals surface area contributed by atoms with Gasteiger partial charge >= 0.3 is 0 Å². The lowest BCUT2D eigenvalue weighted by Crippen LogP contribution is -2.50. The fourth-order valence-electron chi connectivity index (χ4n) is 3.15. The maximum atomic E-state index is 13.9. The molecule has 0 atom stereocenters. The van der Waals surface area contributed by atoms with E-state index in [0.717, 1.165) is 4.88 Å². The highest BCUT2D eigenvalue weighted by atomic mass is 32.1. The summed E-state index contributed by atoms with van der Waals surface area (Å²) in [7, 11) is 0. The van der Waals surface area contributed by atoms with Crippen molar-refractivity contribution in [2.75, 3.05) is 37.7 Å². The summed E-state index contributed by atoms with van der Waals surface area (Å²) in [6.07, 6.45) is 0. The molecule has 3 aromatic rings. The summed E-state index contributed by atoms with van der Waals surface area (Å²) in [4.78, 5) is 17.1. The number of hydrogen-bond donors (Lipinski definition) is 0. The second kappa shape index (κ2) is 8.53. The zero-order valence-corrected chi connectivity index (χ0v) is 16.0.